The Labute approximate surface area is 120 Å². The predicted octanol–water partition coefficient (Wildman–Crippen LogP) is 2.23. The second-order valence-corrected chi connectivity index (χ2v) is 6.89. The van der Waals surface area contributed by atoms with E-state index in [-0.39, 0.29) is 16.5 Å². The smallest absolute Gasteiger partial charge is 0.322 e. The number of nitrogens with zero attached hydrogens (tertiary/aromatic N) is 1. The van der Waals surface area contributed by atoms with Crippen LogP contribution in [-0.4, -0.2) is 36.4 Å². The van der Waals surface area contributed by atoms with E-state index in [0.717, 1.165) is 4.31 Å². The van der Waals surface area contributed by atoms with E-state index >= 15 is 0 Å². The Bertz CT molecular complexity index is 617. The normalized spacial score (nSPS) is 20.6. The van der Waals surface area contributed by atoms with E-state index < -0.39 is 22.0 Å². The topological polar surface area (TPSA) is 74.7 Å². The molecule has 0 unspecified atom stereocenters. The molecule has 19 heavy (non-hydrogen) atoms. The summed E-state index contributed by atoms with van der Waals surface area (Å²) in [5, 5.41) is 9.36. The Morgan fingerprint density at radius 3 is 2.63 bits per heavy atom. The van der Waals surface area contributed by atoms with Crippen molar-refractivity contribution in [2.24, 2.45) is 0 Å². The van der Waals surface area contributed by atoms with E-state index in [2.05, 4.69) is 0 Å². The number of rotatable bonds is 3. The average molecular weight is 324 g/mol. The molecule has 0 radical (unpaired) electrons. The van der Waals surface area contributed by atoms with Crippen molar-refractivity contribution in [3.05, 3.63) is 28.2 Å². The number of carboxylic acid groups (broad SMARTS) is 1. The van der Waals surface area contributed by atoms with E-state index in [0.29, 0.717) is 17.9 Å². The number of aliphatic carboxylic acids is 1. The minimum Gasteiger partial charge on any atom is -0.480 e. The molecule has 0 saturated carbocycles. The van der Waals surface area contributed by atoms with Crippen molar-refractivity contribution in [2.75, 3.05) is 6.54 Å². The zero-order valence-electron chi connectivity index (χ0n) is 9.71. The Morgan fingerprint density at radius 2 is 2.05 bits per heavy atom. The molecule has 0 spiro atoms. The quantitative estimate of drug-likeness (QED) is 0.925. The van der Waals surface area contributed by atoms with Gasteiger partial charge >= 0.3 is 5.97 Å². The lowest BCUT2D eigenvalue weighted by molar-refractivity contribution is -0.140. The summed E-state index contributed by atoms with van der Waals surface area (Å²) < 4.78 is 25.8. The fourth-order valence-electron chi connectivity index (χ4n) is 2.09. The number of benzene rings is 1. The van der Waals surface area contributed by atoms with Crippen molar-refractivity contribution < 1.29 is 18.3 Å². The number of hydrogen-bond acceptors (Lipinski definition) is 3. The van der Waals surface area contributed by atoms with Crippen LogP contribution in [0.5, 0.6) is 0 Å². The molecule has 0 aliphatic carbocycles. The lowest BCUT2D eigenvalue weighted by atomic mass is 10.2. The Kier molecular flexibility index (Phi) is 4.06. The molecule has 2 rings (SSSR count). The number of halogens is 2. The fourth-order valence-corrected chi connectivity index (χ4v) is 4.48. The summed E-state index contributed by atoms with van der Waals surface area (Å²) in [6, 6.07) is 2.99. The van der Waals surface area contributed by atoms with E-state index in [9.17, 15) is 13.2 Å². The highest BCUT2D eigenvalue weighted by Crippen LogP contribution is 2.31. The molecule has 1 N–H and O–H groups in total. The molecule has 104 valence electrons. The van der Waals surface area contributed by atoms with Gasteiger partial charge in [-0.05, 0) is 31.0 Å². The van der Waals surface area contributed by atoms with Crippen molar-refractivity contribution in [3.8, 4) is 0 Å². The molecule has 1 aromatic rings. The van der Waals surface area contributed by atoms with Crippen molar-refractivity contribution in [3.63, 3.8) is 0 Å². The van der Waals surface area contributed by atoms with Crippen molar-refractivity contribution in [1.82, 2.24) is 4.31 Å². The minimum atomic E-state index is -3.92. The summed E-state index contributed by atoms with van der Waals surface area (Å²) in [5.41, 5.74) is 0. The molecule has 0 bridgehead atoms. The standard InChI is InChI=1S/C11H11Cl2NO4S/c12-7-3-4-10(8(13)6-7)19(17,18)14-5-1-2-9(14)11(15)16/h3-4,6,9H,1-2,5H2,(H,15,16)/t9-/m1/s1. The molecule has 1 atom stereocenters. The Balaban J connectivity index is 2.45. The molecule has 0 aromatic heterocycles. The highest BCUT2D eigenvalue weighted by molar-refractivity contribution is 7.89. The second kappa shape index (κ2) is 5.28. The van der Waals surface area contributed by atoms with Gasteiger partial charge in [-0.15, -0.1) is 0 Å². The summed E-state index contributed by atoms with van der Waals surface area (Å²) in [5.74, 6) is -1.15. The number of carbonyl (C=O) groups is 1. The third kappa shape index (κ3) is 2.72. The first-order valence-electron chi connectivity index (χ1n) is 5.54. The van der Waals surface area contributed by atoms with Crippen LogP contribution in [0.2, 0.25) is 10.0 Å². The van der Waals surface area contributed by atoms with Gasteiger partial charge in [-0.25, -0.2) is 8.42 Å². The molecule has 5 nitrogen and oxygen atoms in total. The van der Waals surface area contributed by atoms with E-state index in [1.165, 1.54) is 18.2 Å². The molecule has 0 amide bonds. The van der Waals surface area contributed by atoms with Gasteiger partial charge in [0.15, 0.2) is 0 Å². The summed E-state index contributed by atoms with van der Waals surface area (Å²) >= 11 is 11.6. The first kappa shape index (κ1) is 14.6. The van der Waals surface area contributed by atoms with E-state index in [1.54, 1.807) is 0 Å². The predicted molar refractivity (Wildman–Crippen MR) is 71.0 cm³/mol. The summed E-state index contributed by atoms with van der Waals surface area (Å²) in [6.07, 6.45) is 0.821. The van der Waals surface area contributed by atoms with Crippen LogP contribution in [0.4, 0.5) is 0 Å². The van der Waals surface area contributed by atoms with Crippen LogP contribution in [0.25, 0.3) is 0 Å². The van der Waals surface area contributed by atoms with Gasteiger partial charge in [0, 0.05) is 11.6 Å². The average Bonchev–Trinajstić information content (AvgIpc) is 2.77. The summed E-state index contributed by atoms with van der Waals surface area (Å²) in [7, 11) is -3.92. The van der Waals surface area contributed by atoms with E-state index in [4.69, 9.17) is 28.3 Å². The summed E-state index contributed by atoms with van der Waals surface area (Å²) in [4.78, 5) is 11.0. The maximum atomic E-state index is 12.4. The molecule has 1 fully saturated rings. The van der Waals surface area contributed by atoms with Crippen LogP contribution >= 0.6 is 23.2 Å². The first-order chi connectivity index (χ1) is 8.84. The zero-order valence-corrected chi connectivity index (χ0v) is 12.0. The maximum absolute atomic E-state index is 12.4. The van der Waals surface area contributed by atoms with Gasteiger partial charge in [0.05, 0.1) is 5.02 Å². The Hall–Kier alpha value is -0.820. The fraction of sp³-hybridized carbons (Fsp3) is 0.364. The van der Waals surface area contributed by atoms with Crippen LogP contribution in [0, 0.1) is 0 Å². The third-order valence-corrected chi connectivity index (χ3v) is 5.60. The number of hydrogen-bond donors (Lipinski definition) is 1. The lowest BCUT2D eigenvalue weighted by Crippen LogP contribution is -2.40. The summed E-state index contributed by atoms with van der Waals surface area (Å²) in [6.45, 7) is 0.179. The van der Waals surface area contributed by atoms with Gasteiger partial charge in [0.2, 0.25) is 10.0 Å². The Morgan fingerprint density at radius 1 is 1.37 bits per heavy atom. The van der Waals surface area contributed by atoms with Gasteiger partial charge in [-0.2, -0.15) is 4.31 Å². The molecule has 8 heteroatoms. The van der Waals surface area contributed by atoms with Gasteiger partial charge in [0.1, 0.15) is 10.9 Å². The largest absolute Gasteiger partial charge is 0.480 e. The first-order valence-corrected chi connectivity index (χ1v) is 7.73. The highest BCUT2D eigenvalue weighted by Gasteiger charge is 2.40. The molecule has 1 aromatic carbocycles. The van der Waals surface area contributed by atoms with Gasteiger partial charge in [0.25, 0.3) is 0 Å². The molecule has 1 heterocycles. The SMILES string of the molecule is O=C(O)[C@H]1CCCN1S(=O)(=O)c1ccc(Cl)cc1Cl. The van der Waals surface area contributed by atoms with E-state index in [1.807, 2.05) is 0 Å². The van der Waals surface area contributed by atoms with Gasteiger partial charge < -0.3 is 5.11 Å². The van der Waals surface area contributed by atoms with Crippen molar-refractivity contribution in [2.45, 2.75) is 23.8 Å². The van der Waals surface area contributed by atoms with Crippen LogP contribution in [0.3, 0.4) is 0 Å². The molecule has 1 aliphatic rings. The van der Waals surface area contributed by atoms with Gasteiger partial charge in [-0.3, -0.25) is 4.79 Å². The second-order valence-electron chi connectivity index (χ2n) is 4.19. The monoisotopic (exact) mass is 323 g/mol. The molecule has 1 aliphatic heterocycles. The van der Waals surface area contributed by atoms with Crippen molar-refractivity contribution >= 4 is 39.2 Å². The highest BCUT2D eigenvalue weighted by atomic mass is 35.5. The zero-order chi connectivity index (χ0) is 14.2. The van der Waals surface area contributed by atoms with Gasteiger partial charge in [-0.1, -0.05) is 23.2 Å². The molecular formula is C11H11Cl2NO4S. The number of sulfonamides is 1. The van der Waals surface area contributed by atoms with Crippen LogP contribution in [0.15, 0.2) is 23.1 Å². The minimum absolute atomic E-state index is 0.0106. The van der Waals surface area contributed by atoms with Crippen LogP contribution < -0.4 is 0 Å². The van der Waals surface area contributed by atoms with Crippen molar-refractivity contribution in [1.29, 1.82) is 0 Å². The number of carboxylic acids is 1. The lowest BCUT2D eigenvalue weighted by Gasteiger charge is -2.21. The van der Waals surface area contributed by atoms with Crippen LogP contribution in [0.1, 0.15) is 12.8 Å². The molecule has 1 saturated heterocycles. The maximum Gasteiger partial charge on any atom is 0.322 e. The van der Waals surface area contributed by atoms with Crippen LogP contribution in [-0.2, 0) is 14.8 Å². The third-order valence-electron chi connectivity index (χ3n) is 2.97. The molecular weight excluding hydrogens is 313 g/mol.